The molecule has 0 atom stereocenters. The summed E-state index contributed by atoms with van der Waals surface area (Å²) in [5.74, 6) is 0.626. The minimum Gasteiger partial charge on any atom is -0.455 e. The second-order valence-electron chi connectivity index (χ2n) is 38.4. The minimum atomic E-state index is 0.626. The Morgan fingerprint density at radius 2 is 0.392 bits per heavy atom. The van der Waals surface area contributed by atoms with Crippen LogP contribution in [0.3, 0.4) is 0 Å². The van der Waals surface area contributed by atoms with E-state index >= 15 is 0 Å². The summed E-state index contributed by atoms with van der Waals surface area (Å²) in [6.07, 6.45) is 0. The highest BCUT2D eigenvalue weighted by Crippen LogP contribution is 2.48. The second kappa shape index (κ2) is 35.1. The summed E-state index contributed by atoms with van der Waals surface area (Å²) >= 11 is 0. The van der Waals surface area contributed by atoms with Crippen LogP contribution in [-0.2, 0) is 0 Å². The number of furan rings is 1. The van der Waals surface area contributed by atoms with E-state index in [9.17, 15) is 0 Å². The Kier molecular flexibility index (Phi) is 20.1. The van der Waals surface area contributed by atoms with Gasteiger partial charge >= 0.3 is 0 Å². The van der Waals surface area contributed by atoms with Crippen molar-refractivity contribution in [2.24, 2.45) is 0 Å². The second-order valence-corrected chi connectivity index (χ2v) is 38.4. The quantitative estimate of drug-likeness (QED) is 0.115. The standard InChI is InChI=1S/C49H31N3O.C48H32N2.C42H26N2O/c1-4-13-32(14-5-1)34-17-12-20-38(29-34)52-43-22-11-10-21-39(43)40-30-35(23-26-44(40)52)36-24-27-45-41(31-36)47-46(51(45)37-18-8-3-9-19-37)28-25-42-48(47)53-49(50-42)33-15-6-2-7-16-33;1-4-13-33(14-5-1)35-17-12-20-40(29-35)50-45-22-11-10-21-41(45)43-30-36(25-28-47(43)50)37-24-27-46-44(31-37)42-26-23-38(34-15-6-2-7-16-34)32-48(42)49(46)39-18-8-3-9-19-39;1-3-11-29(12-4-1)43-36-17-9-7-15-31(36)34-25-27(19-22-37(34)43)28-20-23-38-35(26-28)41-39(44(38)30-13-5-2-6-14-30)24-21-33-32-16-8-10-18-40(32)45-42(33)41/h1-31H;1-32H;1-26H. The first-order valence-electron chi connectivity index (χ1n) is 50.5. The molecule has 0 saturated heterocycles. The Hall–Kier alpha value is -19.9. The topological polar surface area (TPSA) is 68.8 Å². The molecule has 148 heavy (non-hydrogen) atoms. The molecular weight excluding hydrogens is 1800 g/mol. The van der Waals surface area contributed by atoms with Gasteiger partial charge in [-0.15, -0.1) is 0 Å². The molecule has 0 bridgehead atoms. The van der Waals surface area contributed by atoms with Crippen LogP contribution in [-0.4, -0.2) is 32.4 Å². The minimum absolute atomic E-state index is 0.626. The number of aromatic nitrogens is 7. The van der Waals surface area contributed by atoms with Gasteiger partial charge in [-0.2, -0.15) is 0 Å². The molecule has 9 heteroatoms. The molecule has 692 valence electrons. The number of hydrogen-bond donors (Lipinski definition) is 0. The summed E-state index contributed by atoms with van der Waals surface area (Å²) < 4.78 is 27.5. The van der Waals surface area contributed by atoms with E-state index in [-0.39, 0.29) is 0 Å². The molecule has 0 amide bonds. The van der Waals surface area contributed by atoms with Crippen LogP contribution in [0.1, 0.15) is 0 Å². The van der Waals surface area contributed by atoms with E-state index in [4.69, 9.17) is 13.8 Å². The maximum absolute atomic E-state index is 6.63. The van der Waals surface area contributed by atoms with Crippen LogP contribution in [0.5, 0.6) is 0 Å². The van der Waals surface area contributed by atoms with E-state index in [1.54, 1.807) is 0 Å². The molecule has 0 unspecified atom stereocenters. The number of benzene rings is 23. The van der Waals surface area contributed by atoms with E-state index in [0.29, 0.717) is 5.89 Å². The van der Waals surface area contributed by atoms with Gasteiger partial charge in [0.2, 0.25) is 5.89 Å². The van der Waals surface area contributed by atoms with Gasteiger partial charge in [0.15, 0.2) is 5.58 Å². The van der Waals surface area contributed by atoms with Crippen molar-refractivity contribution in [3.05, 3.63) is 540 Å². The highest BCUT2D eigenvalue weighted by Gasteiger charge is 2.27. The molecule has 0 saturated carbocycles. The van der Waals surface area contributed by atoms with Crippen molar-refractivity contribution in [2.75, 3.05) is 0 Å². The van der Waals surface area contributed by atoms with Crippen LogP contribution in [0.25, 0.3) is 276 Å². The predicted octanol–water partition coefficient (Wildman–Crippen LogP) is 37.4. The maximum Gasteiger partial charge on any atom is 0.227 e. The molecule has 8 aromatic heterocycles. The molecular formula is C139H89N7O2. The molecule has 0 aliphatic carbocycles. The Balaban J connectivity index is 0.000000105. The van der Waals surface area contributed by atoms with Crippen molar-refractivity contribution < 1.29 is 8.83 Å². The van der Waals surface area contributed by atoms with E-state index in [1.807, 2.05) is 36.4 Å². The molecule has 0 aliphatic rings. The summed E-state index contributed by atoms with van der Waals surface area (Å²) in [6.45, 7) is 0. The summed E-state index contributed by atoms with van der Waals surface area (Å²) in [5.41, 5.74) is 39.8. The van der Waals surface area contributed by atoms with Crippen molar-refractivity contribution in [2.45, 2.75) is 0 Å². The average Bonchev–Trinajstić information content (AvgIpc) is 1.57. The van der Waals surface area contributed by atoms with Crippen LogP contribution in [0.2, 0.25) is 0 Å². The smallest absolute Gasteiger partial charge is 0.227 e. The Morgan fingerprint density at radius 3 is 0.797 bits per heavy atom. The van der Waals surface area contributed by atoms with Crippen molar-refractivity contribution in [1.82, 2.24) is 32.4 Å². The molecule has 0 aliphatic heterocycles. The van der Waals surface area contributed by atoms with Gasteiger partial charge < -0.3 is 36.2 Å². The summed E-state index contributed by atoms with van der Waals surface area (Å²) in [6, 6.07) is 194. The lowest BCUT2D eigenvalue weighted by Crippen LogP contribution is -1.94. The van der Waals surface area contributed by atoms with Crippen molar-refractivity contribution >= 4 is 164 Å². The van der Waals surface area contributed by atoms with Crippen molar-refractivity contribution in [3.8, 4) is 112 Å². The number of rotatable bonds is 13. The van der Waals surface area contributed by atoms with Crippen LogP contribution in [0.4, 0.5) is 0 Å². The fraction of sp³-hybridized carbons (Fsp3) is 0. The Bertz CT molecular complexity index is 10700. The number of oxazole rings is 1. The molecule has 0 radical (unpaired) electrons. The average molecular weight is 1890 g/mol. The van der Waals surface area contributed by atoms with E-state index < -0.39 is 0 Å². The van der Waals surface area contributed by atoms with Gasteiger partial charge in [0.1, 0.15) is 16.7 Å². The lowest BCUT2D eigenvalue weighted by atomic mass is 9.99. The molecule has 0 N–H and O–H groups in total. The molecule has 0 fully saturated rings. The van der Waals surface area contributed by atoms with Gasteiger partial charge in [-0.3, -0.25) is 0 Å². The molecule has 31 aromatic rings. The first-order valence-corrected chi connectivity index (χ1v) is 50.5. The zero-order valence-corrected chi connectivity index (χ0v) is 80.3. The highest BCUT2D eigenvalue weighted by atomic mass is 16.3. The normalized spacial score (nSPS) is 11.8. The molecule has 9 nitrogen and oxygen atoms in total. The third kappa shape index (κ3) is 14.2. The van der Waals surface area contributed by atoms with E-state index in [2.05, 4.69) is 531 Å². The monoisotopic (exact) mass is 1890 g/mol. The largest absolute Gasteiger partial charge is 0.455 e. The summed E-state index contributed by atoms with van der Waals surface area (Å²) in [7, 11) is 0. The Labute approximate surface area is 851 Å². The number of hydrogen-bond acceptors (Lipinski definition) is 3. The first-order chi connectivity index (χ1) is 73.4. The van der Waals surface area contributed by atoms with E-state index in [0.717, 1.165) is 116 Å². The fourth-order valence-corrected chi connectivity index (χ4v) is 23.2. The Morgan fingerprint density at radius 1 is 0.135 bits per heavy atom. The molecule has 31 rings (SSSR count). The third-order valence-electron chi connectivity index (χ3n) is 29.9. The lowest BCUT2D eigenvalue weighted by molar-refractivity contribution is 0.623. The zero-order valence-electron chi connectivity index (χ0n) is 80.3. The lowest BCUT2D eigenvalue weighted by Gasteiger charge is -2.11. The zero-order chi connectivity index (χ0) is 97.4. The van der Waals surface area contributed by atoms with Gasteiger partial charge in [0.25, 0.3) is 0 Å². The number of fused-ring (bicyclic) bond motifs is 24. The van der Waals surface area contributed by atoms with Crippen LogP contribution >= 0.6 is 0 Å². The SMILES string of the molecule is c1ccc(-c2cccc(-n3c4ccccc4c4cc(-c5ccc6c(c5)c5c7oc(-c8ccccc8)nc7ccc5n6-c5ccccc5)ccc43)c2)cc1.c1ccc(-c2cccc(-n3c4ccccc4c4cc(-c5ccc6c(c5)c5ccc(-c7ccccc7)cc5n6-c5ccccc5)ccc43)c2)cc1.c1ccc(-n2c3ccccc3c3cc(-c4ccc5c(c4)c4c6oc7ccccc7c6ccc4n5-c4ccccc4)ccc32)cc1. The highest BCUT2D eigenvalue weighted by molar-refractivity contribution is 6.26. The van der Waals surface area contributed by atoms with Gasteiger partial charge in [0, 0.05) is 104 Å². The summed E-state index contributed by atoms with van der Waals surface area (Å²) in [5, 5.41) is 16.8. The molecule has 8 heterocycles. The molecule has 0 spiro atoms. The predicted molar refractivity (Wildman–Crippen MR) is 618 cm³/mol. The molecule has 23 aromatic carbocycles. The maximum atomic E-state index is 6.63. The van der Waals surface area contributed by atoms with E-state index in [1.165, 1.54) is 154 Å². The van der Waals surface area contributed by atoms with Crippen LogP contribution in [0.15, 0.2) is 549 Å². The van der Waals surface area contributed by atoms with Gasteiger partial charge in [-0.1, -0.05) is 328 Å². The number of para-hydroxylation sites is 8. The summed E-state index contributed by atoms with van der Waals surface area (Å²) in [4.78, 5) is 4.94. The van der Waals surface area contributed by atoms with Crippen LogP contribution < -0.4 is 0 Å². The van der Waals surface area contributed by atoms with Crippen LogP contribution in [0, 0.1) is 0 Å². The van der Waals surface area contributed by atoms with Gasteiger partial charge in [-0.05, 0) is 279 Å². The first kappa shape index (κ1) is 85.0. The van der Waals surface area contributed by atoms with Crippen molar-refractivity contribution in [3.63, 3.8) is 0 Å². The third-order valence-corrected chi connectivity index (χ3v) is 29.9. The van der Waals surface area contributed by atoms with Crippen molar-refractivity contribution in [1.29, 1.82) is 0 Å². The fourth-order valence-electron chi connectivity index (χ4n) is 23.2. The van der Waals surface area contributed by atoms with Gasteiger partial charge in [-0.25, -0.2) is 4.98 Å². The van der Waals surface area contributed by atoms with Gasteiger partial charge in [0.05, 0.1) is 77.0 Å². The number of nitrogens with zero attached hydrogens (tertiary/aromatic N) is 7.